The van der Waals surface area contributed by atoms with Crippen LogP contribution in [0.4, 0.5) is 18.0 Å². The normalized spacial score (nSPS) is 17.8. The van der Waals surface area contributed by atoms with E-state index in [1.807, 2.05) is 0 Å². The highest BCUT2D eigenvalue weighted by Gasteiger charge is 2.44. The number of esters is 1. The second kappa shape index (κ2) is 15.8. The Kier molecular flexibility index (Phi) is 14.0. The minimum Gasteiger partial charge on any atom is -0.461 e. The number of carbonyl (C=O) groups excluding carboxylic acids is 6. The lowest BCUT2D eigenvalue weighted by Crippen LogP contribution is -2.61. The molecule has 1 fully saturated rings. The van der Waals surface area contributed by atoms with E-state index >= 15 is 0 Å². The van der Waals surface area contributed by atoms with Crippen molar-refractivity contribution in [1.82, 2.24) is 26.2 Å². The van der Waals surface area contributed by atoms with Crippen molar-refractivity contribution in [2.75, 3.05) is 18.8 Å². The van der Waals surface area contributed by atoms with Crippen LogP contribution >= 0.6 is 11.8 Å². The first kappa shape index (κ1) is 39.0. The van der Waals surface area contributed by atoms with Crippen LogP contribution in [0, 0.1) is 10.8 Å². The molecule has 4 N–H and O–H groups in total. The number of alkyl halides is 3. The van der Waals surface area contributed by atoms with Gasteiger partial charge in [-0.1, -0.05) is 41.5 Å². The topological polar surface area (TPSA) is 163 Å². The molecule has 0 saturated carbocycles. The zero-order chi connectivity index (χ0) is 34.2. The van der Waals surface area contributed by atoms with Crippen LogP contribution < -0.4 is 21.3 Å². The van der Waals surface area contributed by atoms with Gasteiger partial charge < -0.3 is 30.9 Å². The van der Waals surface area contributed by atoms with Gasteiger partial charge in [-0.3, -0.25) is 19.2 Å². The van der Waals surface area contributed by atoms with Crippen molar-refractivity contribution in [3.05, 3.63) is 0 Å². The summed E-state index contributed by atoms with van der Waals surface area (Å²) in [5.41, 5.74) is -1.62. The lowest BCUT2D eigenvalue weighted by Gasteiger charge is -2.36. The molecular weight excluding hydrogens is 607 g/mol. The van der Waals surface area contributed by atoms with E-state index < -0.39 is 87.9 Å². The summed E-state index contributed by atoms with van der Waals surface area (Å²) in [5, 5.41) is 7.78. The molecule has 252 valence electrons. The largest absolute Gasteiger partial charge is 0.461 e. The fourth-order valence-corrected chi connectivity index (χ4v) is 5.12. The summed E-state index contributed by atoms with van der Waals surface area (Å²) in [4.78, 5) is 78.7. The number of hydrogen-bond acceptors (Lipinski definition) is 8. The highest BCUT2D eigenvalue weighted by atomic mass is 32.2. The predicted octanol–water partition coefficient (Wildman–Crippen LogP) is 2.50. The third kappa shape index (κ3) is 12.2. The molecule has 0 spiro atoms. The molecule has 1 rings (SSSR count). The van der Waals surface area contributed by atoms with Crippen LogP contribution in [0.1, 0.15) is 75.2 Å². The van der Waals surface area contributed by atoms with Gasteiger partial charge in [-0.05, 0) is 44.4 Å². The quantitative estimate of drug-likeness (QED) is 0.142. The molecule has 1 aliphatic rings. The lowest BCUT2D eigenvalue weighted by molar-refractivity contribution is -0.152. The Hall–Kier alpha value is -3.04. The average Bonchev–Trinajstić information content (AvgIpc) is 3.35. The Bertz CT molecular complexity index is 1070. The molecule has 1 saturated heterocycles. The van der Waals surface area contributed by atoms with E-state index in [4.69, 9.17) is 4.74 Å². The molecule has 16 heteroatoms. The molecule has 0 aromatic heterocycles. The van der Waals surface area contributed by atoms with Crippen molar-refractivity contribution in [3.63, 3.8) is 0 Å². The van der Waals surface area contributed by atoms with Gasteiger partial charge in [0.15, 0.2) is 0 Å². The van der Waals surface area contributed by atoms with Crippen molar-refractivity contribution in [3.8, 4) is 0 Å². The summed E-state index contributed by atoms with van der Waals surface area (Å²) < 4.78 is 44.0. The number of likely N-dealkylation sites (tertiary alicyclic amines) is 1. The highest BCUT2D eigenvalue weighted by Crippen LogP contribution is 2.28. The monoisotopic (exact) mass is 653 g/mol. The number of amides is 5. The highest BCUT2D eigenvalue weighted by molar-refractivity contribution is 8.00. The maximum absolute atomic E-state index is 13.8. The van der Waals surface area contributed by atoms with Gasteiger partial charge in [-0.25, -0.2) is 9.59 Å². The summed E-state index contributed by atoms with van der Waals surface area (Å²) in [6.07, 6.45) is -4.60. The number of hydrogen-bond donors (Lipinski definition) is 4. The maximum atomic E-state index is 13.8. The molecule has 1 heterocycles. The number of ketones is 1. The third-order valence-electron chi connectivity index (χ3n) is 6.44. The van der Waals surface area contributed by atoms with Gasteiger partial charge in [-0.15, -0.1) is 11.8 Å². The summed E-state index contributed by atoms with van der Waals surface area (Å²) in [7, 11) is 0. The number of urea groups is 1. The molecular formula is C28H46F3N5O7S. The molecule has 0 aliphatic carbocycles. The molecule has 0 radical (unpaired) electrons. The average molecular weight is 654 g/mol. The van der Waals surface area contributed by atoms with Crippen LogP contribution in [0.3, 0.4) is 0 Å². The van der Waals surface area contributed by atoms with E-state index in [1.54, 1.807) is 55.4 Å². The number of carbonyl (C=O) groups is 6. The van der Waals surface area contributed by atoms with Crippen LogP contribution in [-0.4, -0.2) is 95.0 Å². The van der Waals surface area contributed by atoms with E-state index in [9.17, 15) is 41.9 Å². The Morgan fingerprint density at radius 1 is 0.909 bits per heavy atom. The Morgan fingerprint density at radius 2 is 1.45 bits per heavy atom. The number of halogens is 3. The fraction of sp³-hybridized carbons (Fsp3) is 0.786. The molecule has 44 heavy (non-hydrogen) atoms. The van der Waals surface area contributed by atoms with E-state index in [-0.39, 0.29) is 31.3 Å². The second-order valence-electron chi connectivity index (χ2n) is 12.9. The van der Waals surface area contributed by atoms with Crippen LogP contribution in [-0.2, 0) is 28.7 Å². The maximum Gasteiger partial charge on any atom is 0.397 e. The zero-order valence-corrected chi connectivity index (χ0v) is 27.6. The molecule has 0 aromatic carbocycles. The number of rotatable bonds is 12. The van der Waals surface area contributed by atoms with E-state index in [0.717, 1.165) is 0 Å². The molecule has 0 bridgehead atoms. The van der Waals surface area contributed by atoms with E-state index in [2.05, 4.69) is 21.3 Å². The molecule has 5 amide bonds. The third-order valence-corrected chi connectivity index (χ3v) is 7.60. The van der Waals surface area contributed by atoms with E-state index in [1.165, 1.54) is 11.8 Å². The molecule has 12 nitrogen and oxygen atoms in total. The summed E-state index contributed by atoms with van der Waals surface area (Å²) in [5.74, 6) is -6.12. The fourth-order valence-electron chi connectivity index (χ4n) is 4.30. The Labute approximate surface area is 260 Å². The summed E-state index contributed by atoms with van der Waals surface area (Å²) >= 11 is 0.0460. The van der Waals surface area contributed by atoms with Crippen molar-refractivity contribution in [2.45, 2.75) is 111 Å². The molecule has 4 unspecified atom stereocenters. The van der Waals surface area contributed by atoms with Crippen molar-refractivity contribution >= 4 is 47.3 Å². The summed E-state index contributed by atoms with van der Waals surface area (Å²) in [6, 6.07) is -4.24. The zero-order valence-electron chi connectivity index (χ0n) is 26.8. The minimum absolute atomic E-state index is 0.0459. The van der Waals surface area contributed by atoms with Gasteiger partial charge in [0.25, 0.3) is 11.7 Å². The van der Waals surface area contributed by atoms with Crippen LogP contribution in [0.2, 0.25) is 0 Å². The van der Waals surface area contributed by atoms with Gasteiger partial charge in [0.2, 0.25) is 11.8 Å². The number of likely N-dealkylation sites (N-methyl/N-ethyl adjacent to an activating group) is 1. The summed E-state index contributed by atoms with van der Waals surface area (Å²) in [6.45, 7) is 15.3. The smallest absolute Gasteiger partial charge is 0.397 e. The standard InChI is InChI=1S/C28H46F3N5O7S/c1-10-32-21(39)17(37)22(44-14-28(29,30)31)35-20(38)16-12-11-13-36(16)23(40)18(26(4,5)6)33-25(42)34-19(27(7,8)9)24(41)43-15(2)3/h15-16,18-19,22H,10-14H2,1-9H3,(H,32,39)(H,35,38)(H2,33,34,42). The predicted molar refractivity (Wildman–Crippen MR) is 158 cm³/mol. The number of thioether (sulfide) groups is 1. The van der Waals surface area contributed by atoms with Crippen LogP contribution in [0.5, 0.6) is 0 Å². The van der Waals surface area contributed by atoms with Crippen molar-refractivity contribution < 1.29 is 46.7 Å². The van der Waals surface area contributed by atoms with Gasteiger partial charge >= 0.3 is 18.2 Å². The number of nitrogens with one attached hydrogen (secondary N) is 4. The first-order chi connectivity index (χ1) is 20.0. The van der Waals surface area contributed by atoms with Crippen LogP contribution in [0.15, 0.2) is 0 Å². The number of nitrogens with zero attached hydrogens (tertiary/aromatic N) is 1. The number of ether oxygens (including phenoxy) is 1. The van der Waals surface area contributed by atoms with Crippen molar-refractivity contribution in [1.29, 1.82) is 0 Å². The molecule has 4 atom stereocenters. The van der Waals surface area contributed by atoms with E-state index in [0.29, 0.717) is 6.42 Å². The van der Waals surface area contributed by atoms with Gasteiger partial charge in [0, 0.05) is 13.1 Å². The number of Topliss-reactive ketones (excluding diaryl/α,β-unsaturated/α-hetero) is 1. The Balaban J connectivity index is 3.19. The van der Waals surface area contributed by atoms with Gasteiger partial charge in [0.1, 0.15) is 23.5 Å². The minimum atomic E-state index is -4.67. The first-order valence-electron chi connectivity index (χ1n) is 14.4. The van der Waals surface area contributed by atoms with Gasteiger partial charge in [0.05, 0.1) is 11.9 Å². The Morgan fingerprint density at radius 3 is 1.93 bits per heavy atom. The van der Waals surface area contributed by atoms with Gasteiger partial charge in [-0.2, -0.15) is 13.2 Å². The van der Waals surface area contributed by atoms with Crippen molar-refractivity contribution in [2.24, 2.45) is 10.8 Å². The first-order valence-corrected chi connectivity index (χ1v) is 15.4. The second-order valence-corrected chi connectivity index (χ2v) is 14.0. The lowest BCUT2D eigenvalue weighted by atomic mass is 9.85. The van der Waals surface area contributed by atoms with Crippen LogP contribution in [0.25, 0.3) is 0 Å². The molecule has 1 aliphatic heterocycles. The SMILES string of the molecule is CCNC(=O)C(=O)C(NC(=O)C1CCCN1C(=O)C(NC(=O)NC(C(=O)OC(C)C)C(C)(C)C)C(C)(C)C)SCC(F)(F)F. The molecule has 0 aromatic rings.